The van der Waals surface area contributed by atoms with Crippen molar-refractivity contribution >= 4 is 32.9 Å². The van der Waals surface area contributed by atoms with E-state index in [1.807, 2.05) is 13.8 Å². The summed E-state index contributed by atoms with van der Waals surface area (Å²) < 4.78 is 44.6. The number of halogens is 3. The Morgan fingerprint density at radius 2 is 1.93 bits per heavy atom. The zero-order valence-corrected chi connectivity index (χ0v) is 16.8. The van der Waals surface area contributed by atoms with Gasteiger partial charge in [-0.1, -0.05) is 31.0 Å². The van der Waals surface area contributed by atoms with E-state index < -0.39 is 22.3 Å². The second-order valence-electron chi connectivity index (χ2n) is 6.48. The first-order valence-electron chi connectivity index (χ1n) is 8.55. The summed E-state index contributed by atoms with van der Waals surface area (Å²) in [4.78, 5) is 29.0. The Labute approximate surface area is 162 Å². The van der Waals surface area contributed by atoms with Crippen LogP contribution in [0.15, 0.2) is 28.1 Å². The number of aliphatic imine (C=N–C) groups is 1. The highest BCUT2D eigenvalue weighted by Gasteiger charge is 2.39. The van der Waals surface area contributed by atoms with Crippen LogP contribution in [0.1, 0.15) is 27.2 Å². The maximum Gasteiger partial charge on any atom is 0.573 e. The minimum absolute atomic E-state index is 0.0172. The molecule has 0 bridgehead atoms. The van der Waals surface area contributed by atoms with Crippen molar-refractivity contribution in [3.8, 4) is 5.75 Å². The fraction of sp³-hybridized carbons (Fsp3) is 0.471. The highest BCUT2D eigenvalue weighted by atomic mass is 32.3. The predicted molar refractivity (Wildman–Crippen MR) is 102 cm³/mol. The number of benzene rings is 1. The van der Waals surface area contributed by atoms with E-state index in [1.54, 1.807) is 13.2 Å². The summed E-state index contributed by atoms with van der Waals surface area (Å²) in [6.45, 7) is 5.43. The minimum atomic E-state index is -4.84. The molecule has 2 rings (SSSR count). The van der Waals surface area contributed by atoms with Crippen LogP contribution < -0.4 is 20.1 Å². The lowest BCUT2D eigenvalue weighted by Gasteiger charge is -2.34. The van der Waals surface area contributed by atoms with Gasteiger partial charge in [0, 0.05) is 17.4 Å². The van der Waals surface area contributed by atoms with Crippen molar-refractivity contribution in [1.29, 1.82) is 0 Å². The van der Waals surface area contributed by atoms with Crippen molar-refractivity contribution in [1.82, 2.24) is 15.4 Å². The van der Waals surface area contributed by atoms with Crippen molar-refractivity contribution in [2.24, 2.45) is 4.99 Å². The number of nitrogens with one attached hydrogen (secondary N) is 3. The van der Waals surface area contributed by atoms with Crippen molar-refractivity contribution in [2.75, 3.05) is 12.8 Å². The normalized spacial score (nSPS) is 20.8. The number of hydrogen-bond donors (Lipinski definition) is 3. The van der Waals surface area contributed by atoms with E-state index in [2.05, 4.69) is 25.1 Å². The molecule has 28 heavy (non-hydrogen) atoms. The first-order valence-corrected chi connectivity index (χ1v) is 10.6. The van der Waals surface area contributed by atoms with Crippen LogP contribution >= 0.6 is 10.2 Å². The average Bonchev–Trinajstić information content (AvgIpc) is 2.83. The van der Waals surface area contributed by atoms with Gasteiger partial charge < -0.3 is 20.1 Å². The molecule has 0 fully saturated rings. The van der Waals surface area contributed by atoms with E-state index in [9.17, 15) is 22.8 Å². The van der Waals surface area contributed by atoms with E-state index in [0.717, 1.165) is 6.07 Å². The van der Waals surface area contributed by atoms with Crippen LogP contribution in [0.5, 0.6) is 5.75 Å². The third-order valence-corrected chi connectivity index (χ3v) is 6.58. The Balaban J connectivity index is 2.37. The summed E-state index contributed by atoms with van der Waals surface area (Å²) >= 11 is 0. The second kappa shape index (κ2) is 8.39. The number of ether oxygens (including phenoxy) is 1. The Morgan fingerprint density at radius 3 is 2.50 bits per heavy atom. The molecule has 2 amide bonds. The first kappa shape index (κ1) is 22.0. The van der Waals surface area contributed by atoms with E-state index in [-0.39, 0.29) is 36.0 Å². The molecule has 0 spiro atoms. The predicted octanol–water partition coefficient (Wildman–Crippen LogP) is 2.94. The lowest BCUT2D eigenvalue weighted by molar-refractivity contribution is -0.274. The monoisotopic (exact) mass is 420 g/mol. The third kappa shape index (κ3) is 5.38. The molecule has 7 nitrogen and oxygen atoms in total. The van der Waals surface area contributed by atoms with Gasteiger partial charge in [-0.2, -0.15) is 0 Å². The van der Waals surface area contributed by atoms with Crippen molar-refractivity contribution in [2.45, 2.75) is 44.5 Å². The minimum Gasteiger partial charge on any atom is -0.406 e. The summed E-state index contributed by atoms with van der Waals surface area (Å²) in [6.07, 6.45) is -3.00. The Bertz CT molecular complexity index is 798. The largest absolute Gasteiger partial charge is 0.573 e. The number of amides is 2. The van der Waals surface area contributed by atoms with Gasteiger partial charge in [0.2, 0.25) is 11.8 Å². The second-order valence-corrected chi connectivity index (χ2v) is 9.34. The average molecular weight is 420 g/mol. The van der Waals surface area contributed by atoms with Gasteiger partial charge in [0.15, 0.2) is 5.17 Å². The van der Waals surface area contributed by atoms with Crippen LogP contribution in [-0.2, 0) is 9.59 Å². The topological polar surface area (TPSA) is 91.8 Å². The zero-order valence-electron chi connectivity index (χ0n) is 15.9. The van der Waals surface area contributed by atoms with Gasteiger partial charge >= 0.3 is 6.36 Å². The molecule has 1 atom stereocenters. The molecule has 11 heteroatoms. The van der Waals surface area contributed by atoms with Gasteiger partial charge in [-0.05, 0) is 24.5 Å². The lowest BCUT2D eigenvalue weighted by Crippen LogP contribution is -2.43. The van der Waals surface area contributed by atoms with Crippen molar-refractivity contribution in [3.63, 3.8) is 0 Å². The molecule has 1 heterocycles. The number of carbonyl (C=O) groups is 2. The number of nitrogens with zero attached hydrogens (tertiary/aromatic N) is 1. The number of rotatable bonds is 6. The smallest absolute Gasteiger partial charge is 0.406 e. The molecule has 3 N–H and O–H groups in total. The molecule has 0 saturated carbocycles. The van der Waals surface area contributed by atoms with Gasteiger partial charge in [-0.3, -0.25) is 9.59 Å². The van der Waals surface area contributed by atoms with Crippen LogP contribution in [0.4, 0.5) is 18.9 Å². The van der Waals surface area contributed by atoms with Crippen LogP contribution in [0.2, 0.25) is 0 Å². The van der Waals surface area contributed by atoms with Crippen LogP contribution in [0.3, 0.4) is 0 Å². The molecule has 0 aliphatic carbocycles. The summed E-state index contributed by atoms with van der Waals surface area (Å²) in [6, 6.07) is 3.78. The molecule has 0 radical (unpaired) electrons. The molecular formula is C17H23F3N4O3S. The van der Waals surface area contributed by atoms with Gasteiger partial charge in [0.1, 0.15) is 5.75 Å². The summed E-state index contributed by atoms with van der Waals surface area (Å²) in [5.41, 5.74) is 0.371. The third-order valence-electron chi connectivity index (χ3n) is 3.77. The Hall–Kier alpha value is -2.27. The van der Waals surface area contributed by atoms with E-state index >= 15 is 0 Å². The molecule has 1 aliphatic heterocycles. The fourth-order valence-electron chi connectivity index (χ4n) is 2.42. The first-order chi connectivity index (χ1) is 12.9. The molecular weight excluding hydrogens is 397 g/mol. The highest BCUT2D eigenvalue weighted by Crippen LogP contribution is 2.59. The fourth-order valence-corrected chi connectivity index (χ4v) is 4.84. The molecule has 0 aromatic heterocycles. The van der Waals surface area contributed by atoms with Gasteiger partial charge in [0.05, 0.1) is 12.2 Å². The van der Waals surface area contributed by atoms with Crippen LogP contribution in [0, 0.1) is 0 Å². The maximum atomic E-state index is 12.6. The van der Waals surface area contributed by atoms with Gasteiger partial charge in [0.25, 0.3) is 0 Å². The molecule has 1 unspecified atom stereocenters. The Morgan fingerprint density at radius 1 is 1.25 bits per heavy atom. The molecule has 0 saturated heterocycles. The van der Waals surface area contributed by atoms with Crippen molar-refractivity contribution in [3.05, 3.63) is 18.2 Å². The Kier molecular flexibility index (Phi) is 6.60. The van der Waals surface area contributed by atoms with Crippen LogP contribution in [0.25, 0.3) is 0 Å². The molecule has 156 valence electrons. The summed E-state index contributed by atoms with van der Waals surface area (Å²) in [7, 11) is -2.40. The number of amidine groups is 1. The molecule has 1 aromatic carbocycles. The van der Waals surface area contributed by atoms with Crippen LogP contribution in [-0.4, -0.2) is 42.2 Å². The number of carbonyl (C=O) groups excluding carboxylic acids is 2. The number of hydrogen-bond acceptors (Lipinski definition) is 5. The van der Waals surface area contributed by atoms with E-state index in [4.69, 9.17) is 0 Å². The van der Waals surface area contributed by atoms with Gasteiger partial charge in [-0.15, -0.1) is 13.2 Å². The molecule has 1 aromatic rings. The number of alkyl halides is 3. The summed E-state index contributed by atoms with van der Waals surface area (Å²) in [5.74, 6) is -1.09. The standard InChI is InChI=1S/C17H23F3N4O3S/c1-5-14(25)23-16-22-12-7-6-11(27-17(18,19)20)8-13(12)28(16,4)24-15(26)9-21-10(2)3/h6-8,10,21H,5,9H2,1-4H3,(H,24,26)(H,22,23,25). The highest BCUT2D eigenvalue weighted by molar-refractivity contribution is 8.44. The van der Waals surface area contributed by atoms with E-state index in [1.165, 1.54) is 12.1 Å². The lowest BCUT2D eigenvalue weighted by atomic mass is 10.3. The number of fused-ring (bicyclic) bond motifs is 1. The van der Waals surface area contributed by atoms with Crippen molar-refractivity contribution < 1.29 is 27.5 Å². The zero-order chi connectivity index (χ0) is 21.1. The SMILES string of the molecule is CCC(=O)NC1=Nc2ccc(OC(F)(F)F)cc2S1(C)NC(=O)CNC(C)C. The van der Waals surface area contributed by atoms with Gasteiger partial charge in [-0.25, -0.2) is 4.99 Å². The van der Waals surface area contributed by atoms with E-state index in [0.29, 0.717) is 10.6 Å². The molecule has 1 aliphatic rings. The summed E-state index contributed by atoms with van der Waals surface area (Å²) in [5, 5.41) is 5.84. The quantitative estimate of drug-likeness (QED) is 0.660. The maximum absolute atomic E-state index is 12.6.